The van der Waals surface area contributed by atoms with Crippen molar-refractivity contribution in [1.29, 1.82) is 5.26 Å². The average molecular weight is 342 g/mol. The van der Waals surface area contributed by atoms with Gasteiger partial charge in [0, 0.05) is 6.54 Å². The van der Waals surface area contributed by atoms with Gasteiger partial charge in [-0.3, -0.25) is 4.90 Å². The molecule has 0 spiro atoms. The molecule has 3 heteroatoms. The fourth-order valence-electron chi connectivity index (χ4n) is 2.33. The van der Waals surface area contributed by atoms with Gasteiger partial charge in [-0.15, -0.1) is 24.0 Å². The molecule has 92 valence electrons. The molecule has 0 aromatic heterocycles. The van der Waals surface area contributed by atoms with E-state index in [1.807, 2.05) is 6.07 Å². The van der Waals surface area contributed by atoms with E-state index in [1.54, 1.807) is 0 Å². The molecular formula is C14H19IN2. The summed E-state index contributed by atoms with van der Waals surface area (Å²) in [5, 5.41) is 8.79. The van der Waals surface area contributed by atoms with Gasteiger partial charge in [-0.25, -0.2) is 0 Å². The highest BCUT2D eigenvalue weighted by Gasteiger charge is 2.11. The third-order valence-corrected chi connectivity index (χ3v) is 3.23. The molecule has 0 unspecified atom stereocenters. The van der Waals surface area contributed by atoms with Crippen molar-refractivity contribution in [3.63, 3.8) is 0 Å². The molecule has 1 aromatic rings. The van der Waals surface area contributed by atoms with Gasteiger partial charge in [-0.2, -0.15) is 5.26 Å². The number of rotatable bonds is 3. The number of likely N-dealkylation sites (tertiary alicyclic amines) is 1. The second-order valence-electron chi connectivity index (χ2n) is 4.44. The van der Waals surface area contributed by atoms with Crippen LogP contribution in [0, 0.1) is 11.3 Å². The largest absolute Gasteiger partial charge is 0.299 e. The molecule has 1 fully saturated rings. The van der Waals surface area contributed by atoms with Crippen LogP contribution < -0.4 is 0 Å². The van der Waals surface area contributed by atoms with Crippen LogP contribution in [0.25, 0.3) is 0 Å². The average Bonchev–Trinajstić information content (AvgIpc) is 2.33. The van der Waals surface area contributed by atoms with E-state index in [1.165, 1.54) is 43.5 Å². The number of nitrogens with zero attached hydrogens (tertiary/aromatic N) is 2. The Morgan fingerprint density at radius 2 is 1.71 bits per heavy atom. The second-order valence-corrected chi connectivity index (χ2v) is 4.44. The number of nitriles is 1. The molecule has 0 saturated carbocycles. The summed E-state index contributed by atoms with van der Waals surface area (Å²) in [6.07, 6.45) is 4.54. The fourth-order valence-corrected chi connectivity index (χ4v) is 2.33. The Hall–Kier alpha value is -0.600. The van der Waals surface area contributed by atoms with Crippen LogP contribution in [-0.2, 0) is 13.0 Å². The summed E-state index contributed by atoms with van der Waals surface area (Å²) in [5.74, 6) is 0. The number of hydrogen-bond donors (Lipinski definition) is 0. The van der Waals surface area contributed by atoms with Crippen LogP contribution in [0.2, 0.25) is 0 Å². The van der Waals surface area contributed by atoms with E-state index in [2.05, 4.69) is 29.2 Å². The summed E-state index contributed by atoms with van der Waals surface area (Å²) in [6.45, 7) is 3.43. The fraction of sp³-hybridized carbons (Fsp3) is 0.500. The van der Waals surface area contributed by atoms with Crippen LogP contribution in [0.5, 0.6) is 0 Å². The Morgan fingerprint density at radius 3 is 2.35 bits per heavy atom. The first-order valence-corrected chi connectivity index (χ1v) is 6.06. The van der Waals surface area contributed by atoms with Crippen molar-refractivity contribution >= 4 is 24.0 Å². The number of hydrogen-bond acceptors (Lipinski definition) is 2. The van der Waals surface area contributed by atoms with Gasteiger partial charge in [0.05, 0.1) is 12.5 Å². The van der Waals surface area contributed by atoms with Gasteiger partial charge < -0.3 is 0 Å². The van der Waals surface area contributed by atoms with Gasteiger partial charge in [-0.1, -0.05) is 30.7 Å². The minimum atomic E-state index is 0. The maximum atomic E-state index is 8.79. The van der Waals surface area contributed by atoms with E-state index in [-0.39, 0.29) is 24.0 Å². The van der Waals surface area contributed by atoms with Gasteiger partial charge in [0.1, 0.15) is 0 Å². The molecule has 1 heterocycles. The van der Waals surface area contributed by atoms with Crippen LogP contribution in [0.15, 0.2) is 24.3 Å². The minimum absolute atomic E-state index is 0. The van der Waals surface area contributed by atoms with Crippen molar-refractivity contribution in [3.05, 3.63) is 35.4 Å². The van der Waals surface area contributed by atoms with Crippen molar-refractivity contribution < 1.29 is 0 Å². The maximum Gasteiger partial charge on any atom is 0.0669 e. The molecule has 0 aliphatic carbocycles. The monoisotopic (exact) mass is 342 g/mol. The van der Waals surface area contributed by atoms with E-state index in [0.717, 1.165) is 6.54 Å². The standard InChI is InChI=1S/C14H18N2.HI/c15-9-8-13-6-2-3-7-14(13)12-16-10-4-1-5-11-16;/h2-3,6-7H,1,4-5,8,10-12H2;1H. The zero-order valence-corrected chi connectivity index (χ0v) is 12.4. The summed E-state index contributed by atoms with van der Waals surface area (Å²) in [4.78, 5) is 2.50. The predicted octanol–water partition coefficient (Wildman–Crippen LogP) is 3.36. The minimum Gasteiger partial charge on any atom is -0.299 e. The smallest absolute Gasteiger partial charge is 0.0669 e. The highest BCUT2D eigenvalue weighted by molar-refractivity contribution is 14.0. The van der Waals surface area contributed by atoms with Crippen LogP contribution >= 0.6 is 24.0 Å². The molecular weight excluding hydrogens is 323 g/mol. The van der Waals surface area contributed by atoms with Gasteiger partial charge >= 0.3 is 0 Å². The first-order chi connectivity index (χ1) is 7.90. The summed E-state index contributed by atoms with van der Waals surface area (Å²) < 4.78 is 0. The summed E-state index contributed by atoms with van der Waals surface area (Å²) in [7, 11) is 0. The van der Waals surface area contributed by atoms with Gasteiger partial charge in [0.2, 0.25) is 0 Å². The topological polar surface area (TPSA) is 27.0 Å². The molecule has 17 heavy (non-hydrogen) atoms. The van der Waals surface area contributed by atoms with E-state index in [4.69, 9.17) is 5.26 Å². The van der Waals surface area contributed by atoms with E-state index in [9.17, 15) is 0 Å². The molecule has 1 aliphatic rings. The van der Waals surface area contributed by atoms with Gasteiger partial charge in [0.25, 0.3) is 0 Å². The molecule has 0 atom stereocenters. The molecule has 1 saturated heterocycles. The van der Waals surface area contributed by atoms with Gasteiger partial charge in [-0.05, 0) is 37.1 Å². The zero-order valence-electron chi connectivity index (χ0n) is 10.1. The molecule has 0 N–H and O–H groups in total. The SMILES string of the molecule is I.N#CCc1ccccc1CN1CCCCC1. The number of benzene rings is 1. The van der Waals surface area contributed by atoms with Crippen molar-refractivity contribution in [2.75, 3.05) is 13.1 Å². The molecule has 0 bridgehead atoms. The molecule has 1 aromatic carbocycles. The normalized spacial score (nSPS) is 15.9. The summed E-state index contributed by atoms with van der Waals surface area (Å²) in [6, 6.07) is 10.6. The zero-order chi connectivity index (χ0) is 11.2. The van der Waals surface area contributed by atoms with Crippen LogP contribution in [0.3, 0.4) is 0 Å². The molecule has 2 rings (SSSR count). The first kappa shape index (κ1) is 14.5. The van der Waals surface area contributed by atoms with Crippen molar-refractivity contribution in [3.8, 4) is 6.07 Å². The third-order valence-electron chi connectivity index (χ3n) is 3.23. The second kappa shape index (κ2) is 7.67. The Kier molecular flexibility index (Phi) is 6.53. The lowest BCUT2D eigenvalue weighted by Gasteiger charge is -2.27. The highest BCUT2D eigenvalue weighted by atomic mass is 127. The maximum absolute atomic E-state index is 8.79. The van der Waals surface area contributed by atoms with Crippen LogP contribution in [0.1, 0.15) is 30.4 Å². The van der Waals surface area contributed by atoms with E-state index < -0.39 is 0 Å². The van der Waals surface area contributed by atoms with Gasteiger partial charge in [0.15, 0.2) is 0 Å². The van der Waals surface area contributed by atoms with Crippen LogP contribution in [-0.4, -0.2) is 18.0 Å². The van der Waals surface area contributed by atoms with E-state index in [0.29, 0.717) is 6.42 Å². The number of halogens is 1. The lowest BCUT2D eigenvalue weighted by molar-refractivity contribution is 0.220. The van der Waals surface area contributed by atoms with Crippen molar-refractivity contribution in [1.82, 2.24) is 4.90 Å². The molecule has 0 radical (unpaired) electrons. The Balaban J connectivity index is 0.00000144. The lowest BCUT2D eigenvalue weighted by Crippen LogP contribution is -2.29. The first-order valence-electron chi connectivity index (χ1n) is 6.06. The highest BCUT2D eigenvalue weighted by Crippen LogP contribution is 2.16. The summed E-state index contributed by atoms with van der Waals surface area (Å²) in [5.41, 5.74) is 2.52. The van der Waals surface area contributed by atoms with Crippen molar-refractivity contribution in [2.45, 2.75) is 32.2 Å². The quantitative estimate of drug-likeness (QED) is 0.788. The van der Waals surface area contributed by atoms with Crippen molar-refractivity contribution in [2.24, 2.45) is 0 Å². The van der Waals surface area contributed by atoms with Crippen LogP contribution in [0.4, 0.5) is 0 Å². The Labute approximate surface area is 121 Å². The Bertz CT molecular complexity index is 378. The number of piperidine rings is 1. The lowest BCUT2D eigenvalue weighted by atomic mass is 10.0. The molecule has 1 aliphatic heterocycles. The molecule has 2 nitrogen and oxygen atoms in total. The Morgan fingerprint density at radius 1 is 1.06 bits per heavy atom. The predicted molar refractivity (Wildman–Crippen MR) is 80.3 cm³/mol. The molecule has 0 amide bonds. The summed E-state index contributed by atoms with van der Waals surface area (Å²) >= 11 is 0. The van der Waals surface area contributed by atoms with E-state index >= 15 is 0 Å². The third kappa shape index (κ3) is 4.29.